The van der Waals surface area contributed by atoms with Crippen LogP contribution in [0.15, 0.2) is 59.5 Å². The van der Waals surface area contributed by atoms with Crippen molar-refractivity contribution < 1.29 is 4.79 Å². The van der Waals surface area contributed by atoms with Crippen LogP contribution in [0.25, 0.3) is 0 Å². The number of anilines is 4. The van der Waals surface area contributed by atoms with Gasteiger partial charge in [-0.05, 0) is 68.6 Å². The van der Waals surface area contributed by atoms with E-state index in [-0.39, 0.29) is 5.91 Å². The highest BCUT2D eigenvalue weighted by Gasteiger charge is 2.07. The van der Waals surface area contributed by atoms with Crippen LogP contribution in [0.4, 0.5) is 23.1 Å². The van der Waals surface area contributed by atoms with E-state index in [4.69, 9.17) is 0 Å². The summed E-state index contributed by atoms with van der Waals surface area (Å²) in [4.78, 5) is 22.3. The first-order valence-corrected chi connectivity index (χ1v) is 10.2. The van der Waals surface area contributed by atoms with Crippen molar-refractivity contribution in [1.29, 1.82) is 0 Å². The van der Waals surface area contributed by atoms with Crippen LogP contribution in [0.3, 0.4) is 0 Å². The predicted molar refractivity (Wildman–Crippen MR) is 117 cm³/mol. The summed E-state index contributed by atoms with van der Waals surface area (Å²) < 4.78 is 0. The van der Waals surface area contributed by atoms with Crippen LogP contribution in [-0.2, 0) is 0 Å². The van der Waals surface area contributed by atoms with Gasteiger partial charge in [-0.25, -0.2) is 4.98 Å². The third-order valence-electron chi connectivity index (χ3n) is 3.96. The van der Waals surface area contributed by atoms with Crippen LogP contribution in [0, 0.1) is 6.92 Å². The van der Waals surface area contributed by atoms with Gasteiger partial charge >= 0.3 is 0 Å². The molecule has 0 saturated carbocycles. The molecular formula is C21H23N5OS. The fraction of sp³-hybridized carbons (Fsp3) is 0.190. The second-order valence-electron chi connectivity index (χ2n) is 6.13. The maximum Gasteiger partial charge on any atom is 0.255 e. The normalized spacial score (nSPS) is 10.4. The number of rotatable bonds is 7. The number of nitrogens with one attached hydrogen (secondary N) is 3. The van der Waals surface area contributed by atoms with Crippen molar-refractivity contribution in [3.8, 4) is 0 Å². The molecule has 0 atom stereocenters. The lowest BCUT2D eigenvalue weighted by atomic mass is 10.2. The number of aryl methyl sites for hydroxylation is 1. The number of carbonyl (C=O) groups excluding carboxylic acids is 1. The highest BCUT2D eigenvalue weighted by molar-refractivity contribution is 7.98. The van der Waals surface area contributed by atoms with Crippen molar-refractivity contribution in [3.05, 3.63) is 65.9 Å². The van der Waals surface area contributed by atoms with E-state index < -0.39 is 0 Å². The Labute approximate surface area is 169 Å². The molecule has 6 nitrogen and oxygen atoms in total. The van der Waals surface area contributed by atoms with E-state index in [1.54, 1.807) is 11.8 Å². The van der Waals surface area contributed by atoms with Gasteiger partial charge in [0, 0.05) is 40.1 Å². The van der Waals surface area contributed by atoms with Crippen molar-refractivity contribution in [1.82, 2.24) is 9.97 Å². The molecule has 0 saturated heterocycles. The zero-order valence-electron chi connectivity index (χ0n) is 16.1. The summed E-state index contributed by atoms with van der Waals surface area (Å²) in [5, 5.41) is 9.29. The Hall–Kier alpha value is -3.06. The van der Waals surface area contributed by atoms with E-state index >= 15 is 0 Å². The fourth-order valence-corrected chi connectivity index (χ4v) is 3.01. The van der Waals surface area contributed by atoms with Gasteiger partial charge < -0.3 is 16.0 Å². The zero-order valence-corrected chi connectivity index (χ0v) is 16.9. The summed E-state index contributed by atoms with van der Waals surface area (Å²) >= 11 is 1.65. The highest BCUT2D eigenvalue weighted by Crippen LogP contribution is 2.20. The predicted octanol–water partition coefficient (Wildman–Crippen LogP) is 4.93. The van der Waals surface area contributed by atoms with Gasteiger partial charge in [0.1, 0.15) is 5.82 Å². The summed E-state index contributed by atoms with van der Waals surface area (Å²) in [7, 11) is 0. The van der Waals surface area contributed by atoms with E-state index in [1.807, 2.05) is 74.7 Å². The molecule has 3 aromatic rings. The molecule has 0 spiro atoms. The zero-order chi connectivity index (χ0) is 19.9. The molecule has 0 aliphatic carbocycles. The minimum atomic E-state index is -0.130. The molecule has 3 N–H and O–H groups in total. The molecule has 2 aromatic carbocycles. The van der Waals surface area contributed by atoms with Gasteiger partial charge in [-0.1, -0.05) is 0 Å². The van der Waals surface area contributed by atoms with Gasteiger partial charge in [-0.3, -0.25) is 4.79 Å². The molecule has 144 valence electrons. The first-order chi connectivity index (χ1) is 13.6. The number of thioether (sulfide) groups is 1. The second-order valence-corrected chi connectivity index (χ2v) is 7.01. The standard InChI is InChI=1S/C21H23N5OS/c1-4-22-21-23-14(2)13-19(26-21)24-16-7-9-17(10-8-16)25-20(27)15-5-11-18(28-3)12-6-15/h5-13H,4H2,1-3H3,(H,25,27)(H2,22,23,24,26). The van der Waals surface area contributed by atoms with Crippen molar-refractivity contribution >= 4 is 40.8 Å². The molecule has 1 aromatic heterocycles. The number of hydrogen-bond donors (Lipinski definition) is 3. The summed E-state index contributed by atoms with van der Waals surface area (Å²) in [6, 6.07) is 16.9. The number of nitrogens with zero attached hydrogens (tertiary/aromatic N) is 2. The molecule has 0 fully saturated rings. The van der Waals surface area contributed by atoms with E-state index in [1.165, 1.54) is 0 Å². The topological polar surface area (TPSA) is 78.9 Å². The van der Waals surface area contributed by atoms with Crippen LogP contribution >= 0.6 is 11.8 Å². The molecule has 28 heavy (non-hydrogen) atoms. The van der Waals surface area contributed by atoms with Crippen molar-refractivity contribution in [2.75, 3.05) is 28.8 Å². The number of hydrogen-bond acceptors (Lipinski definition) is 6. The minimum Gasteiger partial charge on any atom is -0.354 e. The van der Waals surface area contributed by atoms with Gasteiger partial charge in [0.2, 0.25) is 5.95 Å². The maximum absolute atomic E-state index is 12.4. The van der Waals surface area contributed by atoms with E-state index in [2.05, 4.69) is 25.9 Å². The molecule has 1 heterocycles. The smallest absolute Gasteiger partial charge is 0.255 e. The molecule has 0 aliphatic rings. The molecule has 0 radical (unpaired) electrons. The van der Waals surface area contributed by atoms with Crippen LogP contribution in [0.2, 0.25) is 0 Å². The maximum atomic E-state index is 12.4. The Morgan fingerprint density at radius 3 is 2.32 bits per heavy atom. The monoisotopic (exact) mass is 393 g/mol. The molecule has 0 bridgehead atoms. The SMILES string of the molecule is CCNc1nc(C)cc(Nc2ccc(NC(=O)c3ccc(SC)cc3)cc2)n1. The Kier molecular flexibility index (Phi) is 6.49. The average Bonchev–Trinajstić information content (AvgIpc) is 2.69. The van der Waals surface area contributed by atoms with Crippen molar-refractivity contribution in [2.45, 2.75) is 18.7 Å². The average molecular weight is 394 g/mol. The van der Waals surface area contributed by atoms with E-state index in [0.29, 0.717) is 17.3 Å². The first kappa shape index (κ1) is 19.7. The van der Waals surface area contributed by atoms with Crippen molar-refractivity contribution in [3.63, 3.8) is 0 Å². The van der Waals surface area contributed by atoms with Crippen LogP contribution in [0.1, 0.15) is 23.0 Å². The first-order valence-electron chi connectivity index (χ1n) is 8.99. The van der Waals surface area contributed by atoms with Gasteiger partial charge in [0.25, 0.3) is 5.91 Å². The molecule has 1 amide bonds. The van der Waals surface area contributed by atoms with Gasteiger partial charge in [-0.2, -0.15) is 4.98 Å². The van der Waals surface area contributed by atoms with Gasteiger partial charge in [0.05, 0.1) is 0 Å². The third kappa shape index (κ3) is 5.23. The third-order valence-corrected chi connectivity index (χ3v) is 4.70. The summed E-state index contributed by atoms with van der Waals surface area (Å²) in [5.74, 6) is 1.19. The Morgan fingerprint density at radius 1 is 1.00 bits per heavy atom. The van der Waals surface area contributed by atoms with Gasteiger partial charge in [0.15, 0.2) is 0 Å². The fourth-order valence-electron chi connectivity index (χ4n) is 2.60. The van der Waals surface area contributed by atoms with Gasteiger partial charge in [-0.15, -0.1) is 11.8 Å². The summed E-state index contributed by atoms with van der Waals surface area (Å²) in [6.45, 7) is 4.69. The Bertz CT molecular complexity index is 942. The largest absolute Gasteiger partial charge is 0.354 e. The lowest BCUT2D eigenvalue weighted by molar-refractivity contribution is 0.102. The molecule has 3 rings (SSSR count). The van der Waals surface area contributed by atoms with Crippen LogP contribution < -0.4 is 16.0 Å². The Morgan fingerprint density at radius 2 is 1.68 bits per heavy atom. The second kappa shape index (κ2) is 9.23. The Balaban J connectivity index is 1.65. The molecule has 7 heteroatoms. The van der Waals surface area contributed by atoms with Crippen LogP contribution in [-0.4, -0.2) is 28.7 Å². The molecular weight excluding hydrogens is 370 g/mol. The van der Waals surface area contributed by atoms with E-state index in [0.717, 1.165) is 28.5 Å². The number of amides is 1. The number of benzene rings is 2. The molecule has 0 unspecified atom stereocenters. The number of carbonyl (C=O) groups is 1. The van der Waals surface area contributed by atoms with Crippen LogP contribution in [0.5, 0.6) is 0 Å². The lowest BCUT2D eigenvalue weighted by Crippen LogP contribution is -2.11. The van der Waals surface area contributed by atoms with Crippen molar-refractivity contribution in [2.24, 2.45) is 0 Å². The summed E-state index contributed by atoms with van der Waals surface area (Å²) in [5.41, 5.74) is 3.12. The lowest BCUT2D eigenvalue weighted by Gasteiger charge is -2.10. The minimum absolute atomic E-state index is 0.130. The highest BCUT2D eigenvalue weighted by atomic mass is 32.2. The number of aromatic nitrogens is 2. The quantitative estimate of drug-likeness (QED) is 0.494. The van der Waals surface area contributed by atoms with E-state index in [9.17, 15) is 4.79 Å². The summed E-state index contributed by atoms with van der Waals surface area (Å²) in [6.07, 6.45) is 2.01. The molecule has 0 aliphatic heterocycles.